The van der Waals surface area contributed by atoms with Crippen LogP contribution in [0.3, 0.4) is 0 Å². The highest BCUT2D eigenvalue weighted by Crippen LogP contribution is 2.27. The monoisotopic (exact) mass is 555 g/mol. The van der Waals surface area contributed by atoms with Gasteiger partial charge in [-0.2, -0.15) is 0 Å². The molecular weight excluding hydrogens is 514 g/mol. The minimum Gasteiger partial charge on any atom is -0.508 e. The van der Waals surface area contributed by atoms with Gasteiger partial charge in [-0.3, -0.25) is 14.4 Å². The summed E-state index contributed by atoms with van der Waals surface area (Å²) in [6, 6.07) is 11.7. The van der Waals surface area contributed by atoms with E-state index >= 15 is 0 Å². The second-order valence-corrected chi connectivity index (χ2v) is 10.3. The van der Waals surface area contributed by atoms with E-state index in [1.54, 1.807) is 53.7 Å². The Morgan fingerprint density at radius 3 is 2.27 bits per heavy atom. The molecule has 3 N–H and O–H groups in total. The van der Waals surface area contributed by atoms with Crippen LogP contribution in [-0.2, 0) is 30.3 Å². The molecule has 0 heterocycles. The third-order valence-electron chi connectivity index (χ3n) is 5.93. The summed E-state index contributed by atoms with van der Waals surface area (Å²) in [6.07, 6.45) is -0.618. The zero-order valence-corrected chi connectivity index (χ0v) is 24.2. The van der Waals surface area contributed by atoms with E-state index in [9.17, 15) is 24.3 Å². The first kappa shape index (κ1) is 32.1. The average molecular weight is 556 g/mol. The molecular formula is C30H41N3O7. The first-order valence-electron chi connectivity index (χ1n) is 13.4. The van der Waals surface area contributed by atoms with Crippen LogP contribution in [-0.4, -0.2) is 65.2 Å². The lowest BCUT2D eigenvalue weighted by molar-refractivity contribution is -0.144. The number of benzene rings is 2. The number of carbonyl (C=O) groups is 4. The number of phenols is 1. The number of likely N-dealkylation sites (N-methyl/N-ethyl adjacent to an activating group) is 1. The summed E-state index contributed by atoms with van der Waals surface area (Å²) in [5, 5.41) is 15.5. The summed E-state index contributed by atoms with van der Waals surface area (Å²) in [7, 11) is 0. The fraction of sp³-hybridized carbons (Fsp3) is 0.467. The fourth-order valence-electron chi connectivity index (χ4n) is 4.10. The molecule has 0 aliphatic rings. The van der Waals surface area contributed by atoms with E-state index in [0.29, 0.717) is 11.1 Å². The summed E-state index contributed by atoms with van der Waals surface area (Å²) in [5.41, 5.74) is 1.02. The lowest BCUT2D eigenvalue weighted by Crippen LogP contribution is -2.53. The molecule has 2 aromatic carbocycles. The minimum absolute atomic E-state index is 0.0145. The number of rotatable bonds is 12. The Morgan fingerprint density at radius 2 is 1.70 bits per heavy atom. The molecule has 0 fully saturated rings. The maximum Gasteiger partial charge on any atom is 0.408 e. The normalized spacial score (nSPS) is 12.6. The van der Waals surface area contributed by atoms with Crippen LogP contribution in [0.1, 0.15) is 63.8 Å². The second-order valence-electron chi connectivity index (χ2n) is 10.3. The zero-order chi connectivity index (χ0) is 29.9. The maximum absolute atomic E-state index is 14.1. The van der Waals surface area contributed by atoms with E-state index in [0.717, 1.165) is 5.56 Å². The molecule has 40 heavy (non-hydrogen) atoms. The van der Waals surface area contributed by atoms with E-state index in [1.807, 2.05) is 30.3 Å². The Kier molecular flexibility index (Phi) is 12.0. The highest BCUT2D eigenvalue weighted by Gasteiger charge is 2.35. The summed E-state index contributed by atoms with van der Waals surface area (Å²) in [4.78, 5) is 53.5. The Morgan fingerprint density at radius 1 is 1.02 bits per heavy atom. The van der Waals surface area contributed by atoms with Gasteiger partial charge in [-0.25, -0.2) is 4.79 Å². The largest absolute Gasteiger partial charge is 0.508 e. The molecule has 0 bridgehead atoms. The molecule has 3 amide bonds. The molecule has 0 saturated carbocycles. The predicted molar refractivity (Wildman–Crippen MR) is 151 cm³/mol. The van der Waals surface area contributed by atoms with E-state index in [-0.39, 0.29) is 38.3 Å². The molecule has 218 valence electrons. The number of aromatic hydroxyl groups is 1. The topological polar surface area (TPSA) is 134 Å². The van der Waals surface area contributed by atoms with Gasteiger partial charge in [0, 0.05) is 19.5 Å². The third kappa shape index (κ3) is 9.91. The molecule has 2 unspecified atom stereocenters. The number of hydrogen-bond acceptors (Lipinski definition) is 7. The van der Waals surface area contributed by atoms with Crippen molar-refractivity contribution in [1.82, 2.24) is 15.5 Å². The van der Waals surface area contributed by atoms with Crippen molar-refractivity contribution in [3.63, 3.8) is 0 Å². The van der Waals surface area contributed by atoms with Crippen molar-refractivity contribution < 1.29 is 33.8 Å². The Hall–Kier alpha value is -4.08. The van der Waals surface area contributed by atoms with Gasteiger partial charge in [0.2, 0.25) is 11.8 Å². The molecule has 0 aliphatic carbocycles. The third-order valence-corrected chi connectivity index (χ3v) is 5.93. The van der Waals surface area contributed by atoms with Gasteiger partial charge in [0.25, 0.3) is 0 Å². The number of amides is 3. The number of phenolic OH excluding ortho intramolecular Hbond substituents is 1. The van der Waals surface area contributed by atoms with E-state index < -0.39 is 41.6 Å². The number of aryl methyl sites for hydroxylation is 1. The highest BCUT2D eigenvalue weighted by molar-refractivity contribution is 5.92. The molecule has 0 spiro atoms. The number of nitrogens with zero attached hydrogens (tertiary/aromatic N) is 1. The van der Waals surface area contributed by atoms with Gasteiger partial charge >= 0.3 is 12.1 Å². The van der Waals surface area contributed by atoms with E-state index in [4.69, 9.17) is 9.47 Å². The second kappa shape index (κ2) is 14.9. The first-order valence-corrected chi connectivity index (χ1v) is 13.4. The summed E-state index contributed by atoms with van der Waals surface area (Å²) >= 11 is 0. The molecule has 10 nitrogen and oxygen atoms in total. The Balaban J connectivity index is 2.43. The van der Waals surface area contributed by atoms with Crippen molar-refractivity contribution in [2.24, 2.45) is 0 Å². The van der Waals surface area contributed by atoms with Crippen molar-refractivity contribution in [3.8, 4) is 5.75 Å². The van der Waals surface area contributed by atoms with E-state index in [1.165, 1.54) is 11.0 Å². The summed E-state index contributed by atoms with van der Waals surface area (Å²) in [6.45, 7) is 10.7. The van der Waals surface area contributed by atoms with Crippen LogP contribution >= 0.6 is 0 Å². The lowest BCUT2D eigenvalue weighted by Gasteiger charge is -2.34. The average Bonchev–Trinajstić information content (AvgIpc) is 2.87. The number of hydrogen-bond donors (Lipinski definition) is 3. The Bertz CT molecular complexity index is 1160. The van der Waals surface area contributed by atoms with Crippen molar-refractivity contribution in [1.29, 1.82) is 0 Å². The molecule has 2 atom stereocenters. The van der Waals surface area contributed by atoms with Crippen LogP contribution in [0.5, 0.6) is 5.75 Å². The van der Waals surface area contributed by atoms with Crippen molar-refractivity contribution >= 4 is 23.9 Å². The van der Waals surface area contributed by atoms with Gasteiger partial charge in [0.05, 0.1) is 13.0 Å². The van der Waals surface area contributed by atoms with Crippen molar-refractivity contribution in [3.05, 3.63) is 65.2 Å². The molecule has 2 aromatic rings. The molecule has 0 aromatic heterocycles. The molecule has 10 heteroatoms. The van der Waals surface area contributed by atoms with Gasteiger partial charge in [-0.1, -0.05) is 36.4 Å². The molecule has 2 rings (SSSR count). The molecule has 0 radical (unpaired) electrons. The maximum atomic E-state index is 14.1. The predicted octanol–water partition coefficient (Wildman–Crippen LogP) is 3.80. The summed E-state index contributed by atoms with van der Waals surface area (Å²) < 4.78 is 10.3. The highest BCUT2D eigenvalue weighted by atomic mass is 16.6. The van der Waals surface area contributed by atoms with Gasteiger partial charge in [0.15, 0.2) is 0 Å². The number of nitrogens with one attached hydrogen (secondary N) is 2. The van der Waals surface area contributed by atoms with E-state index in [2.05, 4.69) is 10.6 Å². The van der Waals surface area contributed by atoms with Gasteiger partial charge in [-0.15, -0.1) is 0 Å². The zero-order valence-electron chi connectivity index (χ0n) is 24.2. The standard InChI is InChI=1S/C30H41N3O7/c1-7-33(28(37)23(19-21-12-10-9-11-13-21)32-29(38)40-30(4,5)6)26(22-14-15-24(34)20(3)18-22)27(36)31-17-16-25(35)39-8-2/h9-15,18,23,26,34H,7-8,16-17,19H2,1-6H3,(H,31,36)(H,32,38). The number of carbonyl (C=O) groups excluding carboxylic acids is 4. The van der Waals surface area contributed by atoms with Gasteiger partial charge in [-0.05, 0) is 70.4 Å². The number of alkyl carbamates (subject to hydrolysis) is 1. The van der Waals surface area contributed by atoms with Crippen LogP contribution in [0.15, 0.2) is 48.5 Å². The van der Waals surface area contributed by atoms with Gasteiger partial charge < -0.3 is 30.1 Å². The quantitative estimate of drug-likeness (QED) is 0.339. The van der Waals surface area contributed by atoms with Crippen LogP contribution in [0.25, 0.3) is 0 Å². The van der Waals surface area contributed by atoms with Crippen molar-refractivity contribution in [2.75, 3.05) is 19.7 Å². The smallest absolute Gasteiger partial charge is 0.408 e. The summed E-state index contributed by atoms with van der Waals surface area (Å²) in [5.74, 6) is -1.41. The minimum atomic E-state index is -1.10. The number of ether oxygens (including phenoxy) is 2. The SMILES string of the molecule is CCOC(=O)CCNC(=O)C(c1ccc(O)c(C)c1)N(CC)C(=O)C(Cc1ccccc1)NC(=O)OC(C)(C)C. The fourth-order valence-corrected chi connectivity index (χ4v) is 4.10. The molecule has 0 saturated heterocycles. The van der Waals surface area contributed by atoms with Crippen LogP contribution in [0.2, 0.25) is 0 Å². The number of esters is 1. The van der Waals surface area contributed by atoms with Crippen molar-refractivity contribution in [2.45, 2.75) is 72.1 Å². The first-order chi connectivity index (χ1) is 18.9. The Labute approximate surface area is 236 Å². The van der Waals surface area contributed by atoms with Crippen LogP contribution in [0, 0.1) is 6.92 Å². The molecule has 0 aliphatic heterocycles. The van der Waals surface area contributed by atoms with Gasteiger partial charge in [0.1, 0.15) is 23.4 Å². The van der Waals surface area contributed by atoms with Crippen LogP contribution in [0.4, 0.5) is 4.79 Å². The lowest BCUT2D eigenvalue weighted by atomic mass is 9.99. The van der Waals surface area contributed by atoms with Crippen LogP contribution < -0.4 is 10.6 Å².